The SMILES string of the molecule is CC1=C(C(=O)Nc2ccccc2C)[C@@H](c2ccc([N+](=O)[O-])cc2)n2c(nc3ccccc32)N1. The number of aryl methyl sites for hydroxylation is 1. The maximum absolute atomic E-state index is 13.6. The Labute approximate surface area is 189 Å². The van der Waals surface area contributed by atoms with E-state index in [0.717, 1.165) is 27.8 Å². The van der Waals surface area contributed by atoms with E-state index in [4.69, 9.17) is 4.98 Å². The molecule has 1 atom stereocenters. The van der Waals surface area contributed by atoms with Crippen molar-refractivity contribution in [2.75, 3.05) is 10.6 Å². The number of carbonyl (C=O) groups excluding carboxylic acids is 1. The lowest BCUT2D eigenvalue weighted by Crippen LogP contribution is -2.31. The van der Waals surface area contributed by atoms with E-state index in [1.165, 1.54) is 12.1 Å². The fourth-order valence-electron chi connectivity index (χ4n) is 4.25. The molecule has 4 aromatic rings. The van der Waals surface area contributed by atoms with Gasteiger partial charge in [-0.25, -0.2) is 4.98 Å². The Hall–Kier alpha value is -4.46. The zero-order valence-electron chi connectivity index (χ0n) is 18.1. The molecule has 0 fully saturated rings. The molecule has 1 aliphatic rings. The number of rotatable bonds is 4. The molecular weight excluding hydrogens is 418 g/mol. The first-order chi connectivity index (χ1) is 15.9. The summed E-state index contributed by atoms with van der Waals surface area (Å²) < 4.78 is 1.97. The van der Waals surface area contributed by atoms with Gasteiger partial charge in [-0.1, -0.05) is 30.3 Å². The molecule has 0 unspecified atom stereocenters. The average molecular weight is 439 g/mol. The molecule has 0 saturated carbocycles. The van der Waals surface area contributed by atoms with E-state index in [2.05, 4.69) is 10.6 Å². The second-order valence-corrected chi connectivity index (χ2v) is 7.98. The van der Waals surface area contributed by atoms with Crippen molar-refractivity contribution in [2.45, 2.75) is 19.9 Å². The molecule has 2 N–H and O–H groups in total. The number of fused-ring (bicyclic) bond motifs is 3. The minimum Gasteiger partial charge on any atom is -0.329 e. The number of imidazole rings is 1. The first-order valence-corrected chi connectivity index (χ1v) is 10.5. The average Bonchev–Trinajstić information content (AvgIpc) is 3.17. The number of non-ortho nitro benzene ring substituents is 1. The zero-order valence-corrected chi connectivity index (χ0v) is 18.1. The van der Waals surface area contributed by atoms with Gasteiger partial charge < -0.3 is 10.6 Å². The van der Waals surface area contributed by atoms with E-state index in [1.54, 1.807) is 12.1 Å². The van der Waals surface area contributed by atoms with Crippen molar-refractivity contribution in [3.05, 3.63) is 105 Å². The molecule has 5 rings (SSSR count). The minimum atomic E-state index is -0.515. The number of nitrogens with one attached hydrogen (secondary N) is 2. The van der Waals surface area contributed by atoms with E-state index in [-0.39, 0.29) is 11.6 Å². The van der Waals surface area contributed by atoms with E-state index in [0.29, 0.717) is 17.2 Å². The smallest absolute Gasteiger partial charge is 0.269 e. The number of hydrogen-bond donors (Lipinski definition) is 2. The van der Waals surface area contributed by atoms with E-state index in [1.807, 2.05) is 66.9 Å². The number of amides is 1. The molecule has 3 aromatic carbocycles. The third kappa shape index (κ3) is 3.51. The Balaban J connectivity index is 1.67. The summed E-state index contributed by atoms with van der Waals surface area (Å²) >= 11 is 0. The van der Waals surface area contributed by atoms with Crippen LogP contribution in [0.4, 0.5) is 17.3 Å². The van der Waals surface area contributed by atoms with Crippen LogP contribution in [0.1, 0.15) is 24.1 Å². The van der Waals surface area contributed by atoms with Crippen LogP contribution in [0.25, 0.3) is 11.0 Å². The molecule has 1 aliphatic heterocycles. The summed E-state index contributed by atoms with van der Waals surface area (Å²) in [5.74, 6) is 0.366. The summed E-state index contributed by atoms with van der Waals surface area (Å²) in [5, 5.41) is 17.5. The Bertz CT molecular complexity index is 1440. The number of aromatic nitrogens is 2. The van der Waals surface area contributed by atoms with Crippen molar-refractivity contribution in [1.82, 2.24) is 9.55 Å². The molecule has 1 amide bonds. The van der Waals surface area contributed by atoms with Crippen LogP contribution in [0.5, 0.6) is 0 Å². The predicted octanol–water partition coefficient (Wildman–Crippen LogP) is 5.18. The van der Waals surface area contributed by atoms with Crippen LogP contribution in [0.2, 0.25) is 0 Å². The highest BCUT2D eigenvalue weighted by molar-refractivity contribution is 6.06. The number of hydrogen-bond acceptors (Lipinski definition) is 5. The third-order valence-electron chi connectivity index (χ3n) is 5.89. The van der Waals surface area contributed by atoms with Gasteiger partial charge in [0.1, 0.15) is 0 Å². The number of benzene rings is 3. The maximum Gasteiger partial charge on any atom is 0.269 e. The first-order valence-electron chi connectivity index (χ1n) is 10.5. The minimum absolute atomic E-state index is 0.00462. The molecule has 33 heavy (non-hydrogen) atoms. The fraction of sp³-hybridized carbons (Fsp3) is 0.120. The maximum atomic E-state index is 13.6. The second-order valence-electron chi connectivity index (χ2n) is 7.98. The van der Waals surface area contributed by atoms with Gasteiger partial charge in [0.25, 0.3) is 11.6 Å². The van der Waals surface area contributed by atoms with Crippen molar-refractivity contribution >= 4 is 34.3 Å². The van der Waals surface area contributed by atoms with Crippen LogP contribution >= 0.6 is 0 Å². The highest BCUT2D eigenvalue weighted by Crippen LogP contribution is 2.40. The summed E-state index contributed by atoms with van der Waals surface area (Å²) in [6.45, 7) is 3.78. The molecule has 8 heteroatoms. The van der Waals surface area contributed by atoms with Gasteiger partial charge in [0, 0.05) is 23.5 Å². The van der Waals surface area contributed by atoms with Crippen LogP contribution in [-0.2, 0) is 4.79 Å². The fourth-order valence-corrected chi connectivity index (χ4v) is 4.25. The monoisotopic (exact) mass is 439 g/mol. The van der Waals surface area contributed by atoms with Crippen LogP contribution in [-0.4, -0.2) is 20.4 Å². The number of nitro benzene ring substituents is 1. The van der Waals surface area contributed by atoms with Crippen molar-refractivity contribution in [3.8, 4) is 0 Å². The number of nitrogens with zero attached hydrogens (tertiary/aromatic N) is 3. The summed E-state index contributed by atoms with van der Waals surface area (Å²) in [4.78, 5) is 29.1. The van der Waals surface area contributed by atoms with E-state index in [9.17, 15) is 14.9 Å². The van der Waals surface area contributed by atoms with Gasteiger partial charge in [-0.15, -0.1) is 0 Å². The highest BCUT2D eigenvalue weighted by Gasteiger charge is 2.34. The van der Waals surface area contributed by atoms with Crippen LogP contribution in [0.15, 0.2) is 84.1 Å². The van der Waals surface area contributed by atoms with E-state index < -0.39 is 11.0 Å². The van der Waals surface area contributed by atoms with Crippen LogP contribution < -0.4 is 10.6 Å². The van der Waals surface area contributed by atoms with Crippen molar-refractivity contribution < 1.29 is 9.72 Å². The predicted molar refractivity (Wildman–Crippen MR) is 127 cm³/mol. The molecule has 0 spiro atoms. The Morgan fingerprint density at radius 3 is 2.45 bits per heavy atom. The van der Waals surface area contributed by atoms with Gasteiger partial charge in [-0.05, 0) is 55.3 Å². The van der Waals surface area contributed by atoms with E-state index >= 15 is 0 Å². The molecule has 0 aliphatic carbocycles. The normalized spacial score (nSPS) is 15.2. The molecule has 0 saturated heterocycles. The Morgan fingerprint density at radius 2 is 1.73 bits per heavy atom. The molecular formula is C25H21N5O3. The standard InChI is InChI=1S/C25H21N5O3/c1-15-7-3-4-8-19(15)27-24(31)22-16(2)26-25-28-20-9-5-6-10-21(20)29(25)23(22)17-11-13-18(14-12-17)30(32)33/h3-14,23H,1-2H3,(H,26,28)(H,27,31)/t23-/m1/s1. The zero-order chi connectivity index (χ0) is 23.1. The molecule has 0 bridgehead atoms. The molecule has 1 aromatic heterocycles. The first kappa shape index (κ1) is 20.4. The van der Waals surface area contributed by atoms with Gasteiger partial charge in [0.15, 0.2) is 0 Å². The van der Waals surface area contributed by atoms with Gasteiger partial charge >= 0.3 is 0 Å². The third-order valence-corrected chi connectivity index (χ3v) is 5.89. The second kappa shape index (κ2) is 7.90. The molecule has 0 radical (unpaired) electrons. The molecule has 8 nitrogen and oxygen atoms in total. The lowest BCUT2D eigenvalue weighted by atomic mass is 9.94. The summed E-state index contributed by atoms with van der Waals surface area (Å²) in [6.07, 6.45) is 0. The van der Waals surface area contributed by atoms with Crippen LogP contribution in [0.3, 0.4) is 0 Å². The Morgan fingerprint density at radius 1 is 1.03 bits per heavy atom. The van der Waals surface area contributed by atoms with Crippen molar-refractivity contribution in [1.29, 1.82) is 0 Å². The lowest BCUT2D eigenvalue weighted by Gasteiger charge is -2.30. The number of carbonyl (C=O) groups is 1. The summed E-state index contributed by atoms with van der Waals surface area (Å²) in [7, 11) is 0. The Kier molecular flexibility index (Phi) is 4.90. The lowest BCUT2D eigenvalue weighted by molar-refractivity contribution is -0.384. The van der Waals surface area contributed by atoms with Gasteiger partial charge in [0.2, 0.25) is 5.95 Å². The highest BCUT2D eigenvalue weighted by atomic mass is 16.6. The number of para-hydroxylation sites is 3. The molecule has 164 valence electrons. The summed E-state index contributed by atoms with van der Waals surface area (Å²) in [6, 6.07) is 21.1. The topological polar surface area (TPSA) is 102 Å². The van der Waals surface area contributed by atoms with Crippen LogP contribution in [0, 0.1) is 17.0 Å². The largest absolute Gasteiger partial charge is 0.329 e. The number of nitro groups is 1. The summed E-state index contributed by atoms with van der Waals surface area (Å²) in [5.41, 5.74) is 5.27. The van der Waals surface area contributed by atoms with Gasteiger partial charge in [-0.2, -0.15) is 0 Å². The van der Waals surface area contributed by atoms with Crippen molar-refractivity contribution in [3.63, 3.8) is 0 Å². The quantitative estimate of drug-likeness (QED) is 0.337. The molecule has 2 heterocycles. The number of allylic oxidation sites excluding steroid dienone is 1. The van der Waals surface area contributed by atoms with Gasteiger partial charge in [0.05, 0.1) is 27.6 Å². The van der Waals surface area contributed by atoms with Gasteiger partial charge in [-0.3, -0.25) is 19.5 Å². The van der Waals surface area contributed by atoms with Crippen molar-refractivity contribution in [2.24, 2.45) is 0 Å². The number of anilines is 2.